The Hall–Kier alpha value is -1.84. The van der Waals surface area contributed by atoms with Gasteiger partial charge in [-0.05, 0) is 58.8 Å². The Morgan fingerprint density at radius 3 is 1.86 bits per heavy atom. The van der Waals surface area contributed by atoms with E-state index in [0.717, 1.165) is 16.8 Å². The quantitative estimate of drug-likeness (QED) is 0.504. The molecular formula is C26H33NOSi. The van der Waals surface area contributed by atoms with E-state index in [9.17, 15) is 5.21 Å². The standard InChI is InChI=1S/C26H33NOSi/c1-27(28)23-13-7-8-14-26(23)29(2,24-17-15-19-9-3-5-11-21(19)24)25-18-16-20-10-4-6-12-22(20)25/h3-14,19-22,24-25,28H,15-18H2,1-2H3. The first kappa shape index (κ1) is 19.1. The van der Waals surface area contributed by atoms with Crippen LogP contribution in [0.25, 0.3) is 0 Å². The molecule has 0 aromatic heterocycles. The number of anilines is 1. The summed E-state index contributed by atoms with van der Waals surface area (Å²) in [5.74, 6) is 2.73. The van der Waals surface area contributed by atoms with Crippen molar-refractivity contribution in [3.63, 3.8) is 0 Å². The summed E-state index contributed by atoms with van der Waals surface area (Å²) in [5, 5.41) is 13.4. The average Bonchev–Trinajstić information content (AvgIpc) is 3.38. The maximum absolute atomic E-state index is 10.5. The van der Waals surface area contributed by atoms with Gasteiger partial charge in [0, 0.05) is 7.05 Å². The van der Waals surface area contributed by atoms with E-state index in [0.29, 0.717) is 23.7 Å². The third kappa shape index (κ3) is 3.01. The predicted octanol–water partition coefficient (Wildman–Crippen LogP) is 5.84. The molecule has 4 aliphatic rings. The van der Waals surface area contributed by atoms with Crippen LogP contribution in [0.3, 0.4) is 0 Å². The molecular weight excluding hydrogens is 370 g/mol. The van der Waals surface area contributed by atoms with Gasteiger partial charge in [0.15, 0.2) is 0 Å². The van der Waals surface area contributed by atoms with E-state index in [1.807, 2.05) is 0 Å². The summed E-state index contributed by atoms with van der Waals surface area (Å²) >= 11 is 0. The first-order chi connectivity index (χ1) is 14.1. The van der Waals surface area contributed by atoms with Gasteiger partial charge in [0.25, 0.3) is 0 Å². The largest absolute Gasteiger partial charge is 0.289 e. The number of hydrogen-bond donors (Lipinski definition) is 1. The fraction of sp³-hybridized carbons (Fsp3) is 0.462. The van der Waals surface area contributed by atoms with Crippen LogP contribution in [0, 0.1) is 23.7 Å². The van der Waals surface area contributed by atoms with E-state index in [4.69, 9.17) is 0 Å². The zero-order valence-electron chi connectivity index (χ0n) is 17.6. The number of hydroxylamine groups is 1. The summed E-state index contributed by atoms with van der Waals surface area (Å²) in [5.41, 5.74) is 2.50. The summed E-state index contributed by atoms with van der Waals surface area (Å²) in [4.78, 5) is 0. The van der Waals surface area contributed by atoms with Crippen molar-refractivity contribution in [1.29, 1.82) is 0 Å². The Morgan fingerprint density at radius 1 is 0.793 bits per heavy atom. The minimum Gasteiger partial charge on any atom is -0.289 e. The number of para-hydroxylation sites is 1. The molecule has 0 aliphatic heterocycles. The Morgan fingerprint density at radius 2 is 1.31 bits per heavy atom. The van der Waals surface area contributed by atoms with Gasteiger partial charge in [0.1, 0.15) is 0 Å². The van der Waals surface area contributed by atoms with E-state index in [-0.39, 0.29) is 0 Å². The molecule has 6 atom stereocenters. The van der Waals surface area contributed by atoms with Gasteiger partial charge in [0.2, 0.25) is 0 Å². The summed E-state index contributed by atoms with van der Waals surface area (Å²) < 4.78 is 0. The molecule has 2 nitrogen and oxygen atoms in total. The van der Waals surface area contributed by atoms with Gasteiger partial charge < -0.3 is 0 Å². The molecule has 1 aromatic carbocycles. The number of rotatable bonds is 4. The molecule has 6 unspecified atom stereocenters. The zero-order chi connectivity index (χ0) is 20.0. The van der Waals surface area contributed by atoms with Gasteiger partial charge in [-0.3, -0.25) is 10.3 Å². The molecule has 5 rings (SSSR count). The third-order valence-electron chi connectivity index (χ3n) is 8.52. The second-order valence-corrected chi connectivity index (χ2v) is 14.3. The number of hydrogen-bond acceptors (Lipinski definition) is 2. The van der Waals surface area contributed by atoms with E-state index in [2.05, 4.69) is 79.4 Å². The molecule has 2 fully saturated rings. The van der Waals surface area contributed by atoms with Gasteiger partial charge >= 0.3 is 0 Å². The lowest BCUT2D eigenvalue weighted by Crippen LogP contribution is -2.56. The SMILES string of the molecule is CN(O)c1ccccc1[Si](C)(C1CCC2C=CC=CC21)C1CCC2C=CC=CC21. The predicted molar refractivity (Wildman–Crippen MR) is 124 cm³/mol. The van der Waals surface area contributed by atoms with Crippen LogP contribution in [0.5, 0.6) is 0 Å². The minimum absolute atomic E-state index is 0.663. The van der Waals surface area contributed by atoms with E-state index in [1.54, 1.807) is 7.05 Å². The lowest BCUT2D eigenvalue weighted by molar-refractivity contribution is 0.280. The molecule has 0 spiro atoms. The molecule has 152 valence electrons. The molecule has 3 heteroatoms. The van der Waals surface area contributed by atoms with E-state index < -0.39 is 8.07 Å². The van der Waals surface area contributed by atoms with Crippen LogP contribution in [0.1, 0.15) is 25.7 Å². The van der Waals surface area contributed by atoms with Gasteiger partial charge in [-0.25, -0.2) is 0 Å². The molecule has 2 saturated carbocycles. The molecule has 4 aliphatic carbocycles. The second-order valence-electron chi connectivity index (χ2n) is 9.71. The maximum Gasteiger partial charge on any atom is 0.0938 e. The maximum atomic E-state index is 10.5. The topological polar surface area (TPSA) is 23.5 Å². The molecule has 0 saturated heterocycles. The fourth-order valence-electron chi connectivity index (χ4n) is 7.20. The zero-order valence-corrected chi connectivity index (χ0v) is 18.6. The Balaban J connectivity index is 1.64. The van der Waals surface area contributed by atoms with Gasteiger partial charge in [-0.15, -0.1) is 0 Å². The number of fused-ring (bicyclic) bond motifs is 2. The fourth-order valence-corrected chi connectivity index (χ4v) is 13.6. The minimum atomic E-state index is -1.96. The smallest absolute Gasteiger partial charge is 0.0938 e. The summed E-state index contributed by atoms with van der Waals surface area (Å²) in [6.07, 6.45) is 24.2. The van der Waals surface area contributed by atoms with Crippen LogP contribution < -0.4 is 10.2 Å². The highest BCUT2D eigenvalue weighted by Gasteiger charge is 2.56. The van der Waals surface area contributed by atoms with Gasteiger partial charge in [-0.1, -0.05) is 86.2 Å². The third-order valence-corrected chi connectivity index (χ3v) is 14.5. The van der Waals surface area contributed by atoms with Crippen LogP contribution in [-0.4, -0.2) is 20.3 Å². The average molecular weight is 404 g/mol. The highest BCUT2D eigenvalue weighted by molar-refractivity contribution is 6.94. The van der Waals surface area contributed by atoms with Crippen LogP contribution >= 0.6 is 0 Å². The Labute approximate surface area is 176 Å². The summed E-state index contributed by atoms with van der Waals surface area (Å²) in [7, 11) is -0.168. The van der Waals surface area contributed by atoms with Crippen molar-refractivity contribution in [3.05, 3.63) is 72.9 Å². The van der Waals surface area contributed by atoms with Gasteiger partial charge in [-0.2, -0.15) is 0 Å². The normalized spacial score (nSPS) is 36.7. The number of allylic oxidation sites excluding steroid dienone is 8. The van der Waals surface area contributed by atoms with Crippen molar-refractivity contribution in [2.24, 2.45) is 23.7 Å². The second kappa shape index (κ2) is 7.44. The van der Waals surface area contributed by atoms with Crippen molar-refractivity contribution in [2.75, 3.05) is 12.1 Å². The highest BCUT2D eigenvalue weighted by Crippen LogP contribution is 2.59. The van der Waals surface area contributed by atoms with Crippen molar-refractivity contribution in [2.45, 2.75) is 43.3 Å². The Kier molecular flexibility index (Phi) is 4.91. The van der Waals surface area contributed by atoms with Crippen LogP contribution in [0.15, 0.2) is 72.9 Å². The molecule has 0 heterocycles. The Bertz CT molecular complexity index is 838. The van der Waals surface area contributed by atoms with Crippen molar-refractivity contribution >= 4 is 18.9 Å². The van der Waals surface area contributed by atoms with Crippen LogP contribution in [-0.2, 0) is 0 Å². The molecule has 1 aromatic rings. The van der Waals surface area contributed by atoms with Crippen molar-refractivity contribution in [1.82, 2.24) is 0 Å². The molecule has 1 N–H and O–H groups in total. The first-order valence-corrected chi connectivity index (χ1v) is 14.0. The molecule has 0 radical (unpaired) electrons. The lowest BCUT2D eigenvalue weighted by atomic mass is 9.91. The van der Waals surface area contributed by atoms with Crippen LogP contribution in [0.2, 0.25) is 17.6 Å². The van der Waals surface area contributed by atoms with Crippen molar-refractivity contribution in [3.8, 4) is 0 Å². The lowest BCUT2D eigenvalue weighted by Gasteiger charge is -2.46. The first-order valence-electron chi connectivity index (χ1n) is 11.3. The van der Waals surface area contributed by atoms with Gasteiger partial charge in [0.05, 0.1) is 13.8 Å². The highest BCUT2D eigenvalue weighted by atomic mass is 28.3. The molecule has 0 amide bonds. The number of nitrogens with zero attached hydrogens (tertiary/aromatic N) is 1. The molecule has 0 bridgehead atoms. The monoisotopic (exact) mass is 403 g/mol. The van der Waals surface area contributed by atoms with Crippen molar-refractivity contribution < 1.29 is 5.21 Å². The number of benzene rings is 1. The molecule has 29 heavy (non-hydrogen) atoms. The summed E-state index contributed by atoms with van der Waals surface area (Å²) in [6, 6.07) is 8.73. The van der Waals surface area contributed by atoms with E-state index in [1.165, 1.54) is 35.9 Å². The summed E-state index contributed by atoms with van der Waals surface area (Å²) in [6.45, 7) is 2.66. The van der Waals surface area contributed by atoms with Crippen LogP contribution in [0.4, 0.5) is 5.69 Å². The van der Waals surface area contributed by atoms with E-state index >= 15 is 0 Å².